The van der Waals surface area contributed by atoms with Crippen molar-refractivity contribution in [2.45, 2.75) is 20.3 Å². The van der Waals surface area contributed by atoms with E-state index in [-0.39, 0.29) is 11.9 Å². The van der Waals surface area contributed by atoms with Gasteiger partial charge in [-0.1, -0.05) is 19.9 Å². The fraction of sp³-hybridized carbons (Fsp3) is 0.438. The fourth-order valence-corrected chi connectivity index (χ4v) is 2.07. The molecule has 0 radical (unpaired) electrons. The number of ether oxygens (including phenoxy) is 1. The molecule has 0 unspecified atom stereocenters. The van der Waals surface area contributed by atoms with Crippen molar-refractivity contribution in [2.24, 2.45) is 5.92 Å². The molecule has 4 heteroatoms. The van der Waals surface area contributed by atoms with Gasteiger partial charge < -0.3 is 14.6 Å². The summed E-state index contributed by atoms with van der Waals surface area (Å²) in [6.45, 7) is 4.64. The van der Waals surface area contributed by atoms with E-state index in [9.17, 15) is 4.79 Å². The summed E-state index contributed by atoms with van der Waals surface area (Å²) in [5.74, 6) is 0.322. The highest BCUT2D eigenvalue weighted by molar-refractivity contribution is 5.91. The monoisotopic (exact) mass is 274 g/mol. The summed E-state index contributed by atoms with van der Waals surface area (Å²) in [6, 6.07) is 5.76. The van der Waals surface area contributed by atoms with E-state index in [4.69, 9.17) is 4.74 Å². The Morgan fingerprint density at radius 2 is 2.10 bits per heavy atom. The Kier molecular flexibility index (Phi) is 4.45. The topological polar surface area (TPSA) is 45.3 Å². The standard InChI is InChI=1S/C16H22N2O2/c1-11(2)16(19)20-14-7-5-6-13-15(14)12(10-17-13)8-9-18(3)4/h5-7,10-11,17H,8-9H2,1-4H3. The van der Waals surface area contributed by atoms with Crippen molar-refractivity contribution >= 4 is 16.9 Å². The van der Waals surface area contributed by atoms with Gasteiger partial charge in [0.25, 0.3) is 0 Å². The van der Waals surface area contributed by atoms with Gasteiger partial charge in [0.2, 0.25) is 0 Å². The zero-order valence-electron chi connectivity index (χ0n) is 12.6. The first-order valence-corrected chi connectivity index (χ1v) is 6.94. The zero-order valence-corrected chi connectivity index (χ0v) is 12.6. The van der Waals surface area contributed by atoms with Crippen LogP contribution >= 0.6 is 0 Å². The van der Waals surface area contributed by atoms with Gasteiger partial charge in [-0.3, -0.25) is 4.79 Å². The van der Waals surface area contributed by atoms with Crippen LogP contribution < -0.4 is 4.74 Å². The van der Waals surface area contributed by atoms with Crippen molar-refractivity contribution in [3.63, 3.8) is 0 Å². The minimum atomic E-state index is -0.197. The lowest BCUT2D eigenvalue weighted by Crippen LogP contribution is -2.16. The Balaban J connectivity index is 2.33. The van der Waals surface area contributed by atoms with E-state index < -0.39 is 0 Å². The van der Waals surface area contributed by atoms with Crippen LogP contribution in [0, 0.1) is 5.92 Å². The smallest absolute Gasteiger partial charge is 0.313 e. The van der Waals surface area contributed by atoms with Crippen LogP contribution in [0.25, 0.3) is 10.9 Å². The number of H-pyrrole nitrogens is 1. The van der Waals surface area contributed by atoms with Crippen LogP contribution in [-0.4, -0.2) is 36.5 Å². The summed E-state index contributed by atoms with van der Waals surface area (Å²) >= 11 is 0. The maximum absolute atomic E-state index is 11.8. The highest BCUT2D eigenvalue weighted by Gasteiger charge is 2.15. The second kappa shape index (κ2) is 6.09. The van der Waals surface area contributed by atoms with Crippen molar-refractivity contribution in [2.75, 3.05) is 20.6 Å². The number of carbonyl (C=O) groups excluding carboxylic acids is 1. The molecule has 4 nitrogen and oxygen atoms in total. The van der Waals surface area contributed by atoms with E-state index in [1.54, 1.807) is 0 Å². The first kappa shape index (κ1) is 14.6. The predicted octanol–water partition coefficient (Wildman–Crippen LogP) is 2.83. The maximum Gasteiger partial charge on any atom is 0.313 e. The third kappa shape index (κ3) is 3.20. The molecule has 0 saturated carbocycles. The van der Waals surface area contributed by atoms with Crippen molar-refractivity contribution in [3.05, 3.63) is 30.0 Å². The highest BCUT2D eigenvalue weighted by Crippen LogP contribution is 2.29. The van der Waals surface area contributed by atoms with Crippen LogP contribution in [0.2, 0.25) is 0 Å². The number of carbonyl (C=O) groups is 1. The number of nitrogens with zero attached hydrogens (tertiary/aromatic N) is 1. The van der Waals surface area contributed by atoms with Gasteiger partial charge >= 0.3 is 5.97 Å². The van der Waals surface area contributed by atoms with E-state index in [1.165, 1.54) is 5.56 Å². The number of likely N-dealkylation sites (N-methyl/N-ethyl adjacent to an activating group) is 1. The van der Waals surface area contributed by atoms with Gasteiger partial charge in [-0.05, 0) is 38.2 Å². The third-order valence-electron chi connectivity index (χ3n) is 3.26. The summed E-state index contributed by atoms with van der Waals surface area (Å²) in [5.41, 5.74) is 2.19. The molecular weight excluding hydrogens is 252 g/mol. The van der Waals surface area contributed by atoms with E-state index >= 15 is 0 Å². The number of nitrogens with one attached hydrogen (secondary N) is 1. The normalized spacial score (nSPS) is 11.5. The molecule has 1 heterocycles. The SMILES string of the molecule is CC(C)C(=O)Oc1cccc2[nH]cc(CCN(C)C)c12. The van der Waals surface area contributed by atoms with Crippen LogP contribution in [0.3, 0.4) is 0 Å². The summed E-state index contributed by atoms with van der Waals surface area (Å²) in [4.78, 5) is 17.2. The minimum Gasteiger partial charge on any atom is -0.426 e. The average Bonchev–Trinajstić information content (AvgIpc) is 2.80. The van der Waals surface area contributed by atoms with E-state index in [0.717, 1.165) is 23.9 Å². The maximum atomic E-state index is 11.8. The van der Waals surface area contributed by atoms with Crippen LogP contribution in [0.4, 0.5) is 0 Å². The fourth-order valence-electron chi connectivity index (χ4n) is 2.07. The van der Waals surface area contributed by atoms with Crippen LogP contribution in [0.15, 0.2) is 24.4 Å². The molecule has 0 fully saturated rings. The number of fused-ring (bicyclic) bond motifs is 1. The van der Waals surface area contributed by atoms with Gasteiger partial charge in [-0.25, -0.2) is 0 Å². The first-order chi connectivity index (χ1) is 9.49. The molecule has 0 amide bonds. The number of hydrogen-bond donors (Lipinski definition) is 1. The quantitative estimate of drug-likeness (QED) is 0.673. The van der Waals surface area contributed by atoms with Crippen LogP contribution in [-0.2, 0) is 11.2 Å². The average molecular weight is 274 g/mol. The van der Waals surface area contributed by atoms with Gasteiger partial charge in [0, 0.05) is 23.6 Å². The third-order valence-corrected chi connectivity index (χ3v) is 3.26. The van der Waals surface area contributed by atoms with Gasteiger partial charge in [0.1, 0.15) is 5.75 Å². The molecule has 0 aliphatic carbocycles. The number of aromatic nitrogens is 1. The summed E-state index contributed by atoms with van der Waals surface area (Å²) in [7, 11) is 4.10. The Bertz CT molecular complexity index is 600. The van der Waals surface area contributed by atoms with Crippen LogP contribution in [0.1, 0.15) is 19.4 Å². The van der Waals surface area contributed by atoms with E-state index in [0.29, 0.717) is 5.75 Å². The number of hydrogen-bond acceptors (Lipinski definition) is 3. The highest BCUT2D eigenvalue weighted by atomic mass is 16.5. The van der Waals surface area contributed by atoms with E-state index in [2.05, 4.69) is 24.0 Å². The van der Waals surface area contributed by atoms with Crippen molar-refractivity contribution in [3.8, 4) is 5.75 Å². The summed E-state index contributed by atoms with van der Waals surface area (Å²) in [5, 5.41) is 1.02. The largest absolute Gasteiger partial charge is 0.426 e. The van der Waals surface area contributed by atoms with E-state index in [1.807, 2.05) is 38.2 Å². The molecule has 1 N–H and O–H groups in total. The second-order valence-electron chi connectivity index (χ2n) is 5.62. The summed E-state index contributed by atoms with van der Waals surface area (Å²) in [6.07, 6.45) is 2.92. The molecular formula is C16H22N2O2. The second-order valence-corrected chi connectivity index (χ2v) is 5.62. The molecule has 1 aromatic heterocycles. The Morgan fingerprint density at radius 3 is 2.75 bits per heavy atom. The zero-order chi connectivity index (χ0) is 14.7. The van der Waals surface area contributed by atoms with Gasteiger partial charge in [-0.2, -0.15) is 0 Å². The molecule has 20 heavy (non-hydrogen) atoms. The Labute approximate surface area is 119 Å². The molecule has 108 valence electrons. The van der Waals surface area contributed by atoms with Crippen LogP contribution in [0.5, 0.6) is 5.75 Å². The first-order valence-electron chi connectivity index (χ1n) is 6.94. The summed E-state index contributed by atoms with van der Waals surface area (Å²) < 4.78 is 5.52. The molecule has 0 aliphatic heterocycles. The number of rotatable bonds is 5. The molecule has 0 saturated heterocycles. The minimum absolute atomic E-state index is 0.130. The number of benzene rings is 1. The molecule has 2 rings (SSSR count). The number of esters is 1. The number of aromatic amines is 1. The molecule has 2 aromatic rings. The predicted molar refractivity (Wildman–Crippen MR) is 81.0 cm³/mol. The Morgan fingerprint density at radius 1 is 1.35 bits per heavy atom. The van der Waals surface area contributed by atoms with Crippen molar-refractivity contribution < 1.29 is 9.53 Å². The van der Waals surface area contributed by atoms with Crippen molar-refractivity contribution in [1.82, 2.24) is 9.88 Å². The molecule has 0 aliphatic rings. The molecule has 1 aromatic carbocycles. The van der Waals surface area contributed by atoms with Crippen molar-refractivity contribution in [1.29, 1.82) is 0 Å². The lowest BCUT2D eigenvalue weighted by molar-refractivity contribution is -0.137. The Hall–Kier alpha value is -1.81. The molecule has 0 spiro atoms. The van der Waals surface area contributed by atoms with Gasteiger partial charge in [0.05, 0.1) is 5.92 Å². The van der Waals surface area contributed by atoms with Gasteiger partial charge in [-0.15, -0.1) is 0 Å². The lowest BCUT2D eigenvalue weighted by Gasteiger charge is -2.11. The molecule has 0 bridgehead atoms. The van der Waals surface area contributed by atoms with Gasteiger partial charge in [0.15, 0.2) is 0 Å². The lowest BCUT2D eigenvalue weighted by atomic mass is 10.1. The molecule has 0 atom stereocenters.